The largest absolute Gasteiger partial charge is 0.493 e. The summed E-state index contributed by atoms with van der Waals surface area (Å²) in [5.41, 5.74) is 3.15. The van der Waals surface area contributed by atoms with Gasteiger partial charge in [0, 0.05) is 24.4 Å². The lowest BCUT2D eigenvalue weighted by Gasteiger charge is -2.39. The van der Waals surface area contributed by atoms with E-state index in [2.05, 4.69) is 5.32 Å². The molecule has 3 aromatic carbocycles. The number of hydrogen-bond acceptors (Lipinski definition) is 8. The Hall–Kier alpha value is -4.38. The Kier molecular flexibility index (Phi) is 8.82. The number of nitro groups is 1. The van der Waals surface area contributed by atoms with Gasteiger partial charge < -0.3 is 29.2 Å². The summed E-state index contributed by atoms with van der Waals surface area (Å²) >= 11 is 5.78. The lowest BCUT2D eigenvalue weighted by Crippen LogP contribution is -2.44. The number of nitrogens with one attached hydrogen (secondary N) is 1. The first-order chi connectivity index (χ1) is 18.8. The maximum atomic E-state index is 12.0. The minimum atomic E-state index is -0.446. The van der Waals surface area contributed by atoms with Gasteiger partial charge in [0.1, 0.15) is 12.4 Å². The van der Waals surface area contributed by atoms with Crippen LogP contribution >= 0.6 is 12.2 Å². The third kappa shape index (κ3) is 6.37. The Morgan fingerprint density at radius 1 is 1.08 bits per heavy atom. The third-order valence-electron chi connectivity index (χ3n) is 6.37. The van der Waals surface area contributed by atoms with Gasteiger partial charge in [0.2, 0.25) is 0 Å². The first-order valence-corrected chi connectivity index (χ1v) is 12.7. The summed E-state index contributed by atoms with van der Waals surface area (Å²) in [6.07, 6.45) is 0.711. The predicted octanol–water partition coefficient (Wildman–Crippen LogP) is 5.16. The van der Waals surface area contributed by atoms with Crippen molar-refractivity contribution in [3.05, 3.63) is 87.5 Å². The number of nitro benzene ring substituents is 1. The van der Waals surface area contributed by atoms with Crippen LogP contribution in [-0.4, -0.2) is 54.9 Å². The van der Waals surface area contributed by atoms with Crippen LogP contribution in [0, 0.1) is 10.1 Å². The van der Waals surface area contributed by atoms with Crippen molar-refractivity contribution < 1.29 is 28.7 Å². The number of carbonyl (C=O) groups excluding carboxylic acids is 1. The van der Waals surface area contributed by atoms with Gasteiger partial charge in [0.25, 0.3) is 5.69 Å². The Balaban J connectivity index is 1.59. The molecule has 3 aromatic rings. The smallest absolute Gasteiger partial charge is 0.338 e. The zero-order valence-corrected chi connectivity index (χ0v) is 22.7. The summed E-state index contributed by atoms with van der Waals surface area (Å²) in [5, 5.41) is 14.7. The molecule has 1 atom stereocenters. The fourth-order valence-electron chi connectivity index (χ4n) is 4.39. The standard InChI is InChI=1S/C28H29N3O7S/c1-4-37-27(32)18-5-11-22(12-6-18)38-17-24-23-16-26(36-3)25(35-2)15-19(23)13-14-30(24)28(39)29-20-7-9-21(10-8-20)31(33)34/h5-12,15-16,24H,4,13-14,17H2,1-3H3,(H,29,39)/t24-/m1/s1. The van der Waals surface area contributed by atoms with Crippen LogP contribution in [-0.2, 0) is 11.2 Å². The van der Waals surface area contributed by atoms with E-state index < -0.39 is 4.92 Å². The zero-order chi connectivity index (χ0) is 27.9. The van der Waals surface area contributed by atoms with Crippen LogP contribution in [0.4, 0.5) is 11.4 Å². The van der Waals surface area contributed by atoms with Crippen molar-refractivity contribution in [2.75, 3.05) is 39.3 Å². The molecule has 0 radical (unpaired) electrons. The second-order valence-electron chi connectivity index (χ2n) is 8.66. The number of ether oxygens (including phenoxy) is 4. The molecule has 0 saturated heterocycles. The van der Waals surface area contributed by atoms with Crippen LogP contribution in [0.5, 0.6) is 17.2 Å². The SMILES string of the molecule is CCOC(=O)c1ccc(OC[C@@H]2c3cc(OC)c(OC)cc3CCN2C(=S)Nc2ccc([N+](=O)[O-])cc2)cc1. The highest BCUT2D eigenvalue weighted by atomic mass is 32.1. The van der Waals surface area contributed by atoms with Crippen LogP contribution in [0.25, 0.3) is 0 Å². The molecule has 0 fully saturated rings. The second-order valence-corrected chi connectivity index (χ2v) is 9.04. The van der Waals surface area contributed by atoms with Gasteiger partial charge in [-0.15, -0.1) is 0 Å². The highest BCUT2D eigenvalue weighted by Gasteiger charge is 2.31. The number of rotatable bonds is 9. The minimum Gasteiger partial charge on any atom is -0.493 e. The van der Waals surface area contributed by atoms with Crippen molar-refractivity contribution in [3.63, 3.8) is 0 Å². The minimum absolute atomic E-state index is 0.000313. The molecule has 0 amide bonds. The number of thiocarbonyl (C=S) groups is 1. The zero-order valence-electron chi connectivity index (χ0n) is 21.8. The summed E-state index contributed by atoms with van der Waals surface area (Å²) in [7, 11) is 3.19. The normalized spacial score (nSPS) is 14.1. The maximum Gasteiger partial charge on any atom is 0.338 e. The summed E-state index contributed by atoms with van der Waals surface area (Å²) < 4.78 is 22.3. The molecule has 0 saturated carbocycles. The molecule has 39 heavy (non-hydrogen) atoms. The van der Waals surface area contributed by atoms with Crippen molar-refractivity contribution in [2.24, 2.45) is 0 Å². The van der Waals surface area contributed by atoms with E-state index in [1.807, 2.05) is 17.0 Å². The number of esters is 1. The fourth-order valence-corrected chi connectivity index (χ4v) is 4.73. The molecule has 10 nitrogen and oxygen atoms in total. The van der Waals surface area contributed by atoms with E-state index in [-0.39, 0.29) is 24.3 Å². The van der Waals surface area contributed by atoms with Gasteiger partial charge in [-0.3, -0.25) is 10.1 Å². The quantitative estimate of drug-likeness (QED) is 0.166. The average Bonchev–Trinajstić information content (AvgIpc) is 2.95. The summed E-state index contributed by atoms with van der Waals surface area (Å²) in [6.45, 7) is 2.92. The first-order valence-electron chi connectivity index (χ1n) is 12.3. The highest BCUT2D eigenvalue weighted by molar-refractivity contribution is 7.80. The van der Waals surface area contributed by atoms with Gasteiger partial charge in [-0.1, -0.05) is 0 Å². The van der Waals surface area contributed by atoms with Crippen LogP contribution < -0.4 is 19.5 Å². The fraction of sp³-hybridized carbons (Fsp3) is 0.286. The van der Waals surface area contributed by atoms with E-state index >= 15 is 0 Å². The second kappa shape index (κ2) is 12.4. The van der Waals surface area contributed by atoms with Crippen LogP contribution in [0.1, 0.15) is 34.5 Å². The summed E-state index contributed by atoms with van der Waals surface area (Å²) in [5.74, 6) is 1.44. The van der Waals surface area contributed by atoms with Gasteiger partial charge in [-0.25, -0.2) is 4.79 Å². The molecule has 1 N–H and O–H groups in total. The van der Waals surface area contributed by atoms with Gasteiger partial charge >= 0.3 is 5.97 Å². The van der Waals surface area contributed by atoms with E-state index in [9.17, 15) is 14.9 Å². The Morgan fingerprint density at radius 2 is 1.74 bits per heavy atom. The Morgan fingerprint density at radius 3 is 2.36 bits per heavy atom. The molecule has 1 aliphatic rings. The molecule has 0 aliphatic carbocycles. The number of hydrogen-bond donors (Lipinski definition) is 1. The van der Waals surface area contributed by atoms with E-state index in [1.54, 1.807) is 57.5 Å². The van der Waals surface area contributed by atoms with Crippen molar-refractivity contribution in [2.45, 2.75) is 19.4 Å². The van der Waals surface area contributed by atoms with Gasteiger partial charge in [-0.2, -0.15) is 0 Å². The Bertz CT molecular complexity index is 1350. The lowest BCUT2D eigenvalue weighted by atomic mass is 9.92. The first kappa shape index (κ1) is 27.6. The van der Waals surface area contributed by atoms with E-state index in [0.717, 1.165) is 11.1 Å². The van der Waals surface area contributed by atoms with Gasteiger partial charge in [0.05, 0.1) is 37.4 Å². The molecule has 4 rings (SSSR count). The number of non-ortho nitro benzene ring substituents is 1. The number of nitrogens with zero attached hydrogens (tertiary/aromatic N) is 2. The number of benzene rings is 3. The molecule has 11 heteroatoms. The van der Waals surface area contributed by atoms with Crippen molar-refractivity contribution in [1.29, 1.82) is 0 Å². The third-order valence-corrected chi connectivity index (χ3v) is 6.70. The summed E-state index contributed by atoms with van der Waals surface area (Å²) in [4.78, 5) is 24.6. The van der Waals surface area contributed by atoms with Crippen LogP contribution in [0.3, 0.4) is 0 Å². The molecule has 1 heterocycles. The van der Waals surface area contributed by atoms with Crippen molar-refractivity contribution in [1.82, 2.24) is 4.90 Å². The number of fused-ring (bicyclic) bond motifs is 1. The van der Waals surface area contributed by atoms with Crippen molar-refractivity contribution in [3.8, 4) is 17.2 Å². The lowest BCUT2D eigenvalue weighted by molar-refractivity contribution is -0.384. The molecule has 0 aromatic heterocycles. The molecule has 0 unspecified atom stereocenters. The highest BCUT2D eigenvalue weighted by Crippen LogP contribution is 2.38. The monoisotopic (exact) mass is 551 g/mol. The van der Waals surface area contributed by atoms with E-state index in [0.29, 0.717) is 53.2 Å². The number of anilines is 1. The number of methoxy groups -OCH3 is 2. The number of carbonyl (C=O) groups is 1. The molecule has 204 valence electrons. The van der Waals surface area contributed by atoms with Crippen LogP contribution in [0.15, 0.2) is 60.7 Å². The summed E-state index contributed by atoms with van der Waals surface area (Å²) in [6, 6.07) is 16.5. The Labute approximate surface area is 231 Å². The molecular weight excluding hydrogens is 522 g/mol. The molecular formula is C28H29N3O7S. The van der Waals surface area contributed by atoms with Crippen LogP contribution in [0.2, 0.25) is 0 Å². The topological polar surface area (TPSA) is 112 Å². The average molecular weight is 552 g/mol. The molecule has 0 spiro atoms. The van der Waals surface area contributed by atoms with E-state index in [1.165, 1.54) is 12.1 Å². The van der Waals surface area contributed by atoms with E-state index in [4.69, 9.17) is 31.2 Å². The predicted molar refractivity (Wildman–Crippen MR) is 150 cm³/mol. The van der Waals surface area contributed by atoms with Gasteiger partial charge in [0.15, 0.2) is 16.6 Å². The maximum absolute atomic E-state index is 12.0. The molecule has 1 aliphatic heterocycles. The van der Waals surface area contributed by atoms with Crippen molar-refractivity contribution >= 4 is 34.7 Å². The van der Waals surface area contributed by atoms with Gasteiger partial charge in [-0.05, 0) is 85.2 Å². The molecule has 0 bridgehead atoms.